The normalized spacial score (nSPS) is 10.9. The summed E-state index contributed by atoms with van der Waals surface area (Å²) in [5.41, 5.74) is 3.13. The van der Waals surface area contributed by atoms with Crippen molar-refractivity contribution in [3.8, 4) is 22.8 Å². The van der Waals surface area contributed by atoms with E-state index in [4.69, 9.17) is 14.2 Å². The van der Waals surface area contributed by atoms with Gasteiger partial charge in [0.25, 0.3) is 0 Å². The fraction of sp³-hybridized carbons (Fsp3) is 0.333. The van der Waals surface area contributed by atoms with Crippen LogP contribution in [0.25, 0.3) is 22.0 Å². The maximum Gasteiger partial charge on any atom is 0.341 e. The molecule has 38 heavy (non-hydrogen) atoms. The minimum absolute atomic E-state index is 0.0594. The molecule has 0 fully saturated rings. The topological polar surface area (TPSA) is 112 Å². The first-order valence-electron chi connectivity index (χ1n) is 12.2. The number of methoxy groups -OCH3 is 1. The lowest BCUT2D eigenvalue weighted by Crippen LogP contribution is -2.21. The molecule has 1 aromatic carbocycles. The lowest BCUT2D eigenvalue weighted by Gasteiger charge is -2.17. The van der Waals surface area contributed by atoms with Crippen LogP contribution in [0.5, 0.6) is 11.6 Å². The van der Waals surface area contributed by atoms with Gasteiger partial charge in [0.1, 0.15) is 17.6 Å². The number of rotatable bonds is 11. The first-order valence-corrected chi connectivity index (χ1v) is 12.2. The van der Waals surface area contributed by atoms with Crippen LogP contribution in [0, 0.1) is 12.7 Å². The number of pyridine rings is 1. The Bertz CT molecular complexity index is 1420. The molecule has 0 aliphatic heterocycles. The van der Waals surface area contributed by atoms with Crippen molar-refractivity contribution >= 4 is 22.8 Å². The van der Waals surface area contributed by atoms with E-state index in [1.54, 1.807) is 13.1 Å². The monoisotopic (exact) mass is 520 g/mol. The molecule has 3 heterocycles. The highest BCUT2D eigenvalue weighted by Crippen LogP contribution is 2.33. The third kappa shape index (κ3) is 6.10. The van der Waals surface area contributed by atoms with Gasteiger partial charge in [-0.2, -0.15) is 0 Å². The molecule has 4 rings (SSSR count). The predicted molar refractivity (Wildman–Crippen MR) is 140 cm³/mol. The molecule has 0 radical (unpaired) electrons. The number of hydrogen-bond donors (Lipinski definition) is 0. The van der Waals surface area contributed by atoms with E-state index in [2.05, 4.69) is 24.9 Å². The van der Waals surface area contributed by atoms with Crippen molar-refractivity contribution in [2.45, 2.75) is 26.7 Å². The van der Waals surface area contributed by atoms with Gasteiger partial charge in [0.05, 0.1) is 25.9 Å². The van der Waals surface area contributed by atoms with Crippen LogP contribution in [0.4, 0.5) is 10.3 Å². The molecule has 4 aromatic rings. The van der Waals surface area contributed by atoms with E-state index < -0.39 is 11.8 Å². The average Bonchev–Trinajstić information content (AvgIpc) is 2.93. The average molecular weight is 521 g/mol. The van der Waals surface area contributed by atoms with Crippen molar-refractivity contribution in [3.63, 3.8) is 0 Å². The zero-order valence-corrected chi connectivity index (χ0v) is 21.8. The summed E-state index contributed by atoms with van der Waals surface area (Å²) in [7, 11) is 3.26. The number of aryl methyl sites for hydroxylation is 1. The van der Waals surface area contributed by atoms with Crippen LogP contribution in [0.3, 0.4) is 0 Å². The SMILES string of the molecule is CCOC(=O)c1cnc(N(C)CCCCOc2cc(-c3cnc(OC)c(F)c3)cc3c(C)ncnc23)nc1. The number of nitrogens with zero attached hydrogens (tertiary/aromatic N) is 6. The van der Waals surface area contributed by atoms with Gasteiger partial charge < -0.3 is 19.1 Å². The highest BCUT2D eigenvalue weighted by molar-refractivity contribution is 5.91. The van der Waals surface area contributed by atoms with Gasteiger partial charge in [-0.25, -0.2) is 34.1 Å². The molecule has 10 nitrogen and oxygen atoms in total. The Balaban J connectivity index is 1.40. The maximum absolute atomic E-state index is 14.3. The summed E-state index contributed by atoms with van der Waals surface area (Å²) in [6.07, 6.45) is 7.57. The summed E-state index contributed by atoms with van der Waals surface area (Å²) in [5.74, 6) is 0.0630. The number of ether oxygens (including phenoxy) is 3. The molecule has 0 amide bonds. The minimum Gasteiger partial charge on any atom is -0.491 e. The smallest absolute Gasteiger partial charge is 0.341 e. The zero-order valence-electron chi connectivity index (χ0n) is 21.8. The number of anilines is 1. The van der Waals surface area contributed by atoms with Crippen molar-refractivity contribution in [2.24, 2.45) is 0 Å². The van der Waals surface area contributed by atoms with Gasteiger partial charge in [-0.1, -0.05) is 0 Å². The molecule has 0 saturated carbocycles. The molecular formula is C27H29FN6O4. The third-order valence-electron chi connectivity index (χ3n) is 5.87. The minimum atomic E-state index is -0.544. The molecule has 0 unspecified atom stereocenters. The molecule has 0 bridgehead atoms. The summed E-state index contributed by atoms with van der Waals surface area (Å²) in [6, 6.07) is 5.12. The van der Waals surface area contributed by atoms with E-state index in [0.29, 0.717) is 48.1 Å². The van der Waals surface area contributed by atoms with Gasteiger partial charge in [-0.05, 0) is 50.5 Å². The van der Waals surface area contributed by atoms with Gasteiger partial charge in [0, 0.05) is 48.8 Å². The van der Waals surface area contributed by atoms with E-state index in [1.807, 2.05) is 31.0 Å². The van der Waals surface area contributed by atoms with Crippen molar-refractivity contribution in [1.82, 2.24) is 24.9 Å². The van der Waals surface area contributed by atoms with Crippen LogP contribution < -0.4 is 14.4 Å². The third-order valence-corrected chi connectivity index (χ3v) is 5.87. The number of unbranched alkanes of at least 4 members (excludes halogenated alkanes) is 1. The molecule has 0 aliphatic rings. The second kappa shape index (κ2) is 12.2. The number of esters is 1. The highest BCUT2D eigenvalue weighted by Gasteiger charge is 2.14. The number of aromatic nitrogens is 5. The van der Waals surface area contributed by atoms with Crippen molar-refractivity contribution in [3.05, 3.63) is 60.2 Å². The fourth-order valence-electron chi connectivity index (χ4n) is 3.84. The van der Waals surface area contributed by atoms with E-state index in [1.165, 1.54) is 31.9 Å². The Hall–Kier alpha value is -4.41. The van der Waals surface area contributed by atoms with Crippen molar-refractivity contribution in [2.75, 3.05) is 38.8 Å². The van der Waals surface area contributed by atoms with E-state index in [0.717, 1.165) is 29.5 Å². The number of fused-ring (bicyclic) bond motifs is 1. The Morgan fingerprint density at radius 2 is 1.79 bits per heavy atom. The number of benzene rings is 1. The summed E-state index contributed by atoms with van der Waals surface area (Å²) in [6.45, 7) is 5.08. The highest BCUT2D eigenvalue weighted by atomic mass is 19.1. The molecule has 0 aliphatic carbocycles. The first kappa shape index (κ1) is 26.6. The van der Waals surface area contributed by atoms with Crippen LogP contribution in [0.1, 0.15) is 35.8 Å². The van der Waals surface area contributed by atoms with E-state index in [9.17, 15) is 9.18 Å². The van der Waals surface area contributed by atoms with Crippen molar-refractivity contribution in [1.29, 1.82) is 0 Å². The van der Waals surface area contributed by atoms with Gasteiger partial charge in [0.15, 0.2) is 5.82 Å². The maximum atomic E-state index is 14.3. The fourth-order valence-corrected chi connectivity index (χ4v) is 3.84. The molecule has 11 heteroatoms. The van der Waals surface area contributed by atoms with Crippen molar-refractivity contribution < 1.29 is 23.4 Å². The standard InChI is InChI=1S/C27H29FN6O4/c1-5-37-26(35)20-14-30-27(31-15-20)34(3)8-6-7-9-38-23-12-18(10-21-17(2)32-16-33-24(21)23)19-11-22(28)25(36-4)29-13-19/h10-16H,5-9H2,1-4H3. The van der Waals surface area contributed by atoms with Crippen LogP contribution >= 0.6 is 0 Å². The van der Waals surface area contributed by atoms with Gasteiger partial charge in [0.2, 0.25) is 11.8 Å². The second-order valence-electron chi connectivity index (χ2n) is 8.51. The quantitative estimate of drug-likeness (QED) is 0.208. The zero-order chi connectivity index (χ0) is 27.1. The Morgan fingerprint density at radius 3 is 2.50 bits per heavy atom. The predicted octanol–water partition coefficient (Wildman–Crippen LogP) is 4.41. The molecule has 0 N–H and O–H groups in total. The largest absolute Gasteiger partial charge is 0.491 e. The van der Waals surface area contributed by atoms with Gasteiger partial charge >= 0.3 is 5.97 Å². The molecule has 0 atom stereocenters. The Labute approximate surface area is 219 Å². The molecule has 198 valence electrons. The van der Waals surface area contributed by atoms with Crippen LogP contribution in [-0.4, -0.2) is 64.8 Å². The Kier molecular flexibility index (Phi) is 8.57. The lowest BCUT2D eigenvalue weighted by molar-refractivity contribution is 0.0525. The lowest BCUT2D eigenvalue weighted by atomic mass is 10.0. The number of halogens is 1. The summed E-state index contributed by atoms with van der Waals surface area (Å²) >= 11 is 0. The summed E-state index contributed by atoms with van der Waals surface area (Å²) in [5, 5.41) is 0.819. The molecule has 3 aromatic heterocycles. The number of hydrogen-bond acceptors (Lipinski definition) is 10. The van der Waals surface area contributed by atoms with Gasteiger partial charge in [-0.15, -0.1) is 0 Å². The molecule has 0 spiro atoms. The first-order chi connectivity index (χ1) is 18.4. The molecule has 0 saturated heterocycles. The summed E-state index contributed by atoms with van der Waals surface area (Å²) in [4.78, 5) is 34.9. The van der Waals surface area contributed by atoms with E-state index >= 15 is 0 Å². The van der Waals surface area contributed by atoms with E-state index in [-0.39, 0.29) is 5.88 Å². The van der Waals surface area contributed by atoms with Crippen LogP contribution in [-0.2, 0) is 4.74 Å². The second-order valence-corrected chi connectivity index (χ2v) is 8.51. The van der Waals surface area contributed by atoms with Crippen LogP contribution in [0.15, 0.2) is 43.1 Å². The summed E-state index contributed by atoms with van der Waals surface area (Å²) < 4.78 is 30.3. The van der Waals surface area contributed by atoms with Crippen LogP contribution in [0.2, 0.25) is 0 Å². The number of carbonyl (C=O) groups excluding carboxylic acids is 1. The number of carbonyl (C=O) groups is 1. The molecular weight excluding hydrogens is 491 g/mol. The Morgan fingerprint density at radius 1 is 1.00 bits per heavy atom. The van der Waals surface area contributed by atoms with Gasteiger partial charge in [-0.3, -0.25) is 0 Å².